The van der Waals surface area contributed by atoms with Crippen molar-refractivity contribution in [2.45, 2.75) is 27.7 Å². The fourth-order valence-corrected chi connectivity index (χ4v) is 1.47. The number of nitrogens with one attached hydrogen (secondary N) is 1. The molecule has 4 nitrogen and oxygen atoms in total. The van der Waals surface area contributed by atoms with E-state index < -0.39 is 0 Å². The van der Waals surface area contributed by atoms with Crippen molar-refractivity contribution >= 4 is 17.3 Å². The quantitative estimate of drug-likeness (QED) is 0.694. The second kappa shape index (κ2) is 15.3. The molecule has 2 aromatic rings. The minimum atomic E-state index is 0. The van der Waals surface area contributed by atoms with Crippen LogP contribution in [0.4, 0.5) is 5.95 Å². The van der Waals surface area contributed by atoms with Crippen molar-refractivity contribution in [1.82, 2.24) is 15.0 Å². The molecule has 0 aliphatic heterocycles. The van der Waals surface area contributed by atoms with Crippen LogP contribution in [-0.4, -0.2) is 15.0 Å². The second-order valence-corrected chi connectivity index (χ2v) is 3.03. The number of aromatic nitrogens is 3. The summed E-state index contributed by atoms with van der Waals surface area (Å²) in [5.74, 6) is 0.505. The van der Waals surface area contributed by atoms with Gasteiger partial charge in [0, 0.05) is 11.6 Å². The fourth-order valence-electron chi connectivity index (χ4n) is 0.926. The molecule has 0 saturated carbocycles. The Bertz CT molecular complexity index is 393. The Labute approximate surface area is 135 Å². The Hall–Kier alpha value is -0.802. The van der Waals surface area contributed by atoms with Crippen LogP contribution in [0.25, 0.3) is 11.4 Å². The zero-order valence-corrected chi connectivity index (χ0v) is 15.9. The molecule has 0 aliphatic carbocycles. The van der Waals surface area contributed by atoms with Crippen molar-refractivity contribution in [2.75, 3.05) is 5.32 Å². The summed E-state index contributed by atoms with van der Waals surface area (Å²) in [6, 6.07) is 1.82. The zero-order valence-electron chi connectivity index (χ0n) is 12.2. The average molecular weight is 450 g/mol. The Morgan fingerprint density at radius 3 is 2.21 bits per heavy atom. The predicted molar refractivity (Wildman–Crippen MR) is 81.2 cm³/mol. The fraction of sp³-hybridized carbons (Fsp3) is 0.308. The van der Waals surface area contributed by atoms with E-state index in [2.05, 4.69) is 27.3 Å². The van der Waals surface area contributed by atoms with Crippen molar-refractivity contribution in [3.05, 3.63) is 37.6 Å². The van der Waals surface area contributed by atoms with E-state index >= 15 is 0 Å². The van der Waals surface area contributed by atoms with E-state index in [1.165, 1.54) is 0 Å². The van der Waals surface area contributed by atoms with Gasteiger partial charge in [-0.15, -0.1) is 11.3 Å². The number of thiazole rings is 1. The summed E-state index contributed by atoms with van der Waals surface area (Å²) in [7, 11) is 3.49. The minimum Gasteiger partial charge on any atom is -0.507 e. The summed E-state index contributed by atoms with van der Waals surface area (Å²) in [5.41, 5.74) is 3.45. The summed E-state index contributed by atoms with van der Waals surface area (Å²) in [6.45, 7) is 8.00. The standard InChI is InChI=1S/C8H7N4S.2C2H6.CH3.W/c1-9-8-10-3-2-6(12-8)7-4-13-5-11-7;2*1-2;;/h2-5H,1H2,(H,9,10,12);2*1-2H3;1H3;/q-1;;;-1;+2. The summed E-state index contributed by atoms with van der Waals surface area (Å²) in [5, 5.41) is 4.57. The van der Waals surface area contributed by atoms with Crippen LogP contribution in [-0.2, 0) is 21.1 Å². The Balaban J connectivity index is -0.000000392. The predicted octanol–water partition coefficient (Wildman–Crippen LogP) is 4.30. The van der Waals surface area contributed by atoms with Gasteiger partial charge >= 0.3 is 21.1 Å². The molecular formula is C13H22N4SW. The molecule has 0 fully saturated rings. The molecular weight excluding hydrogens is 428 g/mol. The van der Waals surface area contributed by atoms with Crippen molar-refractivity contribution in [1.29, 1.82) is 0 Å². The van der Waals surface area contributed by atoms with Crippen LogP contribution in [0.2, 0.25) is 0 Å². The van der Waals surface area contributed by atoms with Gasteiger partial charge in [0.1, 0.15) is 0 Å². The van der Waals surface area contributed by atoms with Gasteiger partial charge in [-0.3, -0.25) is 7.05 Å². The van der Waals surface area contributed by atoms with Gasteiger partial charge < -0.3 is 12.7 Å². The van der Waals surface area contributed by atoms with Crippen LogP contribution in [0.15, 0.2) is 23.2 Å². The van der Waals surface area contributed by atoms with Gasteiger partial charge in [0.15, 0.2) is 5.95 Å². The first-order chi connectivity index (χ1) is 8.40. The van der Waals surface area contributed by atoms with Crippen LogP contribution in [0.5, 0.6) is 0 Å². The van der Waals surface area contributed by atoms with Crippen molar-refractivity contribution < 1.29 is 21.1 Å². The van der Waals surface area contributed by atoms with E-state index in [9.17, 15) is 0 Å². The average Bonchev–Trinajstić information content (AvgIpc) is 2.97. The number of anilines is 1. The molecule has 0 atom stereocenters. The molecule has 2 heterocycles. The zero-order chi connectivity index (χ0) is 13.1. The van der Waals surface area contributed by atoms with E-state index in [4.69, 9.17) is 0 Å². The Morgan fingerprint density at radius 2 is 1.74 bits per heavy atom. The molecule has 0 bridgehead atoms. The van der Waals surface area contributed by atoms with Crippen LogP contribution >= 0.6 is 11.3 Å². The number of rotatable bonds is 2. The van der Waals surface area contributed by atoms with Gasteiger partial charge in [-0.2, -0.15) is 0 Å². The molecule has 6 heteroatoms. The molecule has 0 unspecified atom stereocenters. The summed E-state index contributed by atoms with van der Waals surface area (Å²) < 4.78 is 0. The molecule has 106 valence electrons. The largest absolute Gasteiger partial charge is 2.00 e. The molecule has 0 aromatic carbocycles. The molecule has 2 aromatic heterocycles. The molecule has 19 heavy (non-hydrogen) atoms. The number of nitrogens with zero attached hydrogens (tertiary/aromatic N) is 3. The van der Waals surface area contributed by atoms with Gasteiger partial charge in [0.05, 0.1) is 16.9 Å². The smallest absolute Gasteiger partial charge is 0.507 e. The Morgan fingerprint density at radius 1 is 1.11 bits per heavy atom. The van der Waals surface area contributed by atoms with Crippen LogP contribution in [0.3, 0.4) is 0 Å². The molecule has 0 amide bonds. The maximum atomic E-state index is 4.19. The normalized spacial score (nSPS) is 7.42. The topological polar surface area (TPSA) is 50.7 Å². The molecule has 0 aliphatic rings. The van der Waals surface area contributed by atoms with Gasteiger partial charge in [-0.05, 0) is 6.07 Å². The van der Waals surface area contributed by atoms with E-state index in [0.717, 1.165) is 11.4 Å². The third-order valence-electron chi connectivity index (χ3n) is 1.51. The van der Waals surface area contributed by atoms with Gasteiger partial charge in [-0.25, -0.2) is 15.0 Å². The summed E-state index contributed by atoms with van der Waals surface area (Å²) in [4.78, 5) is 12.3. The number of hydrogen-bond acceptors (Lipinski definition) is 5. The van der Waals surface area contributed by atoms with Crippen LogP contribution < -0.4 is 5.32 Å². The maximum absolute atomic E-state index is 4.19. The first-order valence-electron chi connectivity index (χ1n) is 5.65. The molecule has 0 spiro atoms. The third-order valence-corrected chi connectivity index (χ3v) is 2.09. The maximum Gasteiger partial charge on any atom is 2.00 e. The summed E-state index contributed by atoms with van der Waals surface area (Å²) in [6.07, 6.45) is 1.68. The monoisotopic (exact) mass is 450 g/mol. The van der Waals surface area contributed by atoms with E-state index in [1.54, 1.807) is 23.0 Å². The Kier molecular flexibility index (Phi) is 18.7. The van der Waals surface area contributed by atoms with Crippen LogP contribution in [0.1, 0.15) is 27.7 Å². The molecule has 0 radical (unpaired) electrons. The third kappa shape index (κ3) is 8.06. The van der Waals surface area contributed by atoms with Crippen molar-refractivity contribution in [3.63, 3.8) is 0 Å². The first kappa shape index (κ1) is 23.3. The van der Waals surface area contributed by atoms with Gasteiger partial charge in [0.2, 0.25) is 0 Å². The SMILES string of the molecule is CC.CC.[CH2-]Nc1nccc(-c2cscn2)n1.[CH3-].[W+2]. The van der Waals surface area contributed by atoms with Crippen molar-refractivity contribution in [3.8, 4) is 11.4 Å². The first-order valence-corrected chi connectivity index (χ1v) is 6.59. The number of hydrogen-bond donors (Lipinski definition) is 1. The second-order valence-electron chi connectivity index (χ2n) is 2.32. The molecule has 1 N–H and O–H groups in total. The minimum absolute atomic E-state index is 0. The molecule has 2 rings (SSSR count). The molecule has 0 saturated heterocycles. The van der Waals surface area contributed by atoms with Crippen molar-refractivity contribution in [2.24, 2.45) is 0 Å². The van der Waals surface area contributed by atoms with E-state index in [1.807, 2.05) is 39.1 Å². The van der Waals surface area contributed by atoms with E-state index in [-0.39, 0.29) is 28.5 Å². The van der Waals surface area contributed by atoms with Gasteiger partial charge in [0.25, 0.3) is 0 Å². The van der Waals surface area contributed by atoms with E-state index in [0.29, 0.717) is 5.95 Å². The summed E-state index contributed by atoms with van der Waals surface area (Å²) >= 11 is 1.54. The van der Waals surface area contributed by atoms with Crippen LogP contribution in [0, 0.1) is 14.5 Å². The van der Waals surface area contributed by atoms with Gasteiger partial charge in [-0.1, -0.05) is 27.7 Å².